The van der Waals surface area contributed by atoms with E-state index in [2.05, 4.69) is 42.3 Å². The lowest BCUT2D eigenvalue weighted by Gasteiger charge is -2.23. The van der Waals surface area contributed by atoms with Crippen LogP contribution in [0, 0.1) is 13.8 Å². The van der Waals surface area contributed by atoms with E-state index in [1.54, 1.807) is 0 Å². The summed E-state index contributed by atoms with van der Waals surface area (Å²) in [6.07, 6.45) is 0. The molecule has 0 heterocycles. The predicted molar refractivity (Wildman–Crippen MR) is 89.6 cm³/mol. The molecule has 1 unspecified atom stereocenters. The van der Waals surface area contributed by atoms with E-state index in [0.717, 1.165) is 16.9 Å². The summed E-state index contributed by atoms with van der Waals surface area (Å²) >= 11 is 0. The maximum Gasteiger partial charge on any atom is 0.122 e. The minimum atomic E-state index is 0.130. The van der Waals surface area contributed by atoms with Gasteiger partial charge in [-0.3, -0.25) is 0 Å². The Morgan fingerprint density at radius 2 is 1.81 bits per heavy atom. The van der Waals surface area contributed by atoms with Crippen LogP contribution >= 0.6 is 0 Å². The summed E-state index contributed by atoms with van der Waals surface area (Å²) in [5.41, 5.74) is 5.52. The summed E-state index contributed by atoms with van der Waals surface area (Å²) in [7, 11) is 3.91. The molecule has 21 heavy (non-hydrogen) atoms. The summed E-state index contributed by atoms with van der Waals surface area (Å²) in [4.78, 5) is 2.10. The number of rotatable bonds is 4. The summed E-state index contributed by atoms with van der Waals surface area (Å²) in [5.74, 6) is 0.325. The van der Waals surface area contributed by atoms with Crippen molar-refractivity contribution in [3.8, 4) is 5.75 Å². The van der Waals surface area contributed by atoms with Gasteiger partial charge in [0.05, 0.1) is 0 Å². The van der Waals surface area contributed by atoms with Crippen molar-refractivity contribution in [2.75, 3.05) is 19.0 Å². The third-order valence-electron chi connectivity index (χ3n) is 4.01. The van der Waals surface area contributed by atoms with Gasteiger partial charge in [0, 0.05) is 36.1 Å². The lowest BCUT2D eigenvalue weighted by Crippen LogP contribution is -2.14. The first-order valence-corrected chi connectivity index (χ1v) is 7.25. The van der Waals surface area contributed by atoms with E-state index >= 15 is 0 Å². The zero-order chi connectivity index (χ0) is 15.6. The van der Waals surface area contributed by atoms with Crippen molar-refractivity contribution in [3.63, 3.8) is 0 Å². The second kappa shape index (κ2) is 6.19. The van der Waals surface area contributed by atoms with Gasteiger partial charge in [0.1, 0.15) is 5.75 Å². The normalized spacial score (nSPS) is 12.2. The Bertz CT molecular complexity index is 637. The number of nitrogens with zero attached hydrogens (tertiary/aromatic N) is 1. The molecule has 3 heteroatoms. The number of phenolic OH excluding ortho intramolecular Hbond substituents is 1. The molecule has 2 aromatic rings. The van der Waals surface area contributed by atoms with E-state index in [4.69, 9.17) is 0 Å². The average molecular weight is 284 g/mol. The van der Waals surface area contributed by atoms with Gasteiger partial charge in [-0.25, -0.2) is 0 Å². The van der Waals surface area contributed by atoms with Gasteiger partial charge in [-0.2, -0.15) is 0 Å². The molecule has 2 rings (SSSR count). The smallest absolute Gasteiger partial charge is 0.122 e. The van der Waals surface area contributed by atoms with Crippen LogP contribution < -0.4 is 10.2 Å². The first-order valence-electron chi connectivity index (χ1n) is 7.25. The van der Waals surface area contributed by atoms with E-state index in [0.29, 0.717) is 5.75 Å². The summed E-state index contributed by atoms with van der Waals surface area (Å²) in [6.45, 7) is 6.23. The molecule has 0 aliphatic carbocycles. The zero-order valence-corrected chi connectivity index (χ0v) is 13.4. The van der Waals surface area contributed by atoms with Crippen molar-refractivity contribution < 1.29 is 5.11 Å². The van der Waals surface area contributed by atoms with E-state index < -0.39 is 0 Å². The van der Waals surface area contributed by atoms with Crippen LogP contribution in [0.25, 0.3) is 0 Å². The fourth-order valence-electron chi connectivity index (χ4n) is 2.58. The average Bonchev–Trinajstić information content (AvgIpc) is 2.45. The summed E-state index contributed by atoms with van der Waals surface area (Å²) in [6, 6.07) is 12.4. The Labute approximate surface area is 127 Å². The molecule has 2 N–H and O–H groups in total. The predicted octanol–water partition coefficient (Wildman–Crippen LogP) is 4.06. The number of hydrogen-bond acceptors (Lipinski definition) is 3. The molecule has 0 fully saturated rings. The number of aryl methyl sites for hydroxylation is 2. The highest BCUT2D eigenvalue weighted by Gasteiger charge is 2.12. The second-order valence-corrected chi connectivity index (χ2v) is 5.60. The van der Waals surface area contributed by atoms with E-state index in [1.165, 1.54) is 11.1 Å². The lowest BCUT2D eigenvalue weighted by atomic mass is 10.1. The number of hydrogen-bond donors (Lipinski definition) is 2. The maximum absolute atomic E-state index is 10.2. The third kappa shape index (κ3) is 3.19. The van der Waals surface area contributed by atoms with Gasteiger partial charge in [-0.1, -0.05) is 23.8 Å². The molecule has 0 aromatic heterocycles. The van der Waals surface area contributed by atoms with Crippen molar-refractivity contribution >= 4 is 11.4 Å². The summed E-state index contributed by atoms with van der Waals surface area (Å²) in [5, 5.41) is 13.4. The molecule has 0 saturated carbocycles. The first kappa shape index (κ1) is 15.4. The molecule has 0 bridgehead atoms. The standard InChI is InChI=1S/C18H24N2O/c1-12-6-9-17(13(2)10-12)20(5)15-7-8-16(14(3)19-4)18(21)11-15/h6-11,14,19,21H,1-5H3. The van der Waals surface area contributed by atoms with E-state index in [9.17, 15) is 5.11 Å². The van der Waals surface area contributed by atoms with Crippen molar-refractivity contribution in [2.24, 2.45) is 0 Å². The highest BCUT2D eigenvalue weighted by molar-refractivity contribution is 5.67. The Kier molecular flexibility index (Phi) is 4.53. The van der Waals surface area contributed by atoms with Gasteiger partial charge >= 0.3 is 0 Å². The van der Waals surface area contributed by atoms with Crippen LogP contribution in [-0.4, -0.2) is 19.2 Å². The van der Waals surface area contributed by atoms with Crippen LogP contribution in [0.2, 0.25) is 0 Å². The minimum absolute atomic E-state index is 0.130. The minimum Gasteiger partial charge on any atom is -0.508 e. The molecule has 0 radical (unpaired) electrons. The van der Waals surface area contributed by atoms with Crippen LogP contribution in [0.3, 0.4) is 0 Å². The molecule has 3 nitrogen and oxygen atoms in total. The highest BCUT2D eigenvalue weighted by Crippen LogP contribution is 2.33. The highest BCUT2D eigenvalue weighted by atomic mass is 16.3. The number of phenols is 1. The van der Waals surface area contributed by atoms with Gasteiger partial charge in [0.25, 0.3) is 0 Å². The van der Waals surface area contributed by atoms with Gasteiger partial charge < -0.3 is 15.3 Å². The third-order valence-corrected chi connectivity index (χ3v) is 4.01. The number of nitrogens with one attached hydrogen (secondary N) is 1. The Morgan fingerprint density at radius 3 is 2.38 bits per heavy atom. The zero-order valence-electron chi connectivity index (χ0n) is 13.4. The number of aromatic hydroxyl groups is 1. The molecular weight excluding hydrogens is 260 g/mol. The molecular formula is C18H24N2O. The Morgan fingerprint density at radius 1 is 1.10 bits per heavy atom. The monoisotopic (exact) mass is 284 g/mol. The van der Waals surface area contributed by atoms with Crippen LogP contribution in [0.5, 0.6) is 5.75 Å². The fraction of sp³-hybridized carbons (Fsp3) is 0.333. The van der Waals surface area contributed by atoms with Crippen LogP contribution in [0.15, 0.2) is 36.4 Å². The van der Waals surface area contributed by atoms with Crippen molar-refractivity contribution in [2.45, 2.75) is 26.8 Å². The van der Waals surface area contributed by atoms with E-state index in [1.807, 2.05) is 39.2 Å². The largest absolute Gasteiger partial charge is 0.508 e. The van der Waals surface area contributed by atoms with Crippen LogP contribution in [-0.2, 0) is 0 Å². The lowest BCUT2D eigenvalue weighted by molar-refractivity contribution is 0.458. The molecule has 2 aromatic carbocycles. The second-order valence-electron chi connectivity index (χ2n) is 5.60. The van der Waals surface area contributed by atoms with Gasteiger partial charge in [-0.15, -0.1) is 0 Å². The topological polar surface area (TPSA) is 35.5 Å². The van der Waals surface area contributed by atoms with Gasteiger partial charge in [0.15, 0.2) is 0 Å². The van der Waals surface area contributed by atoms with Crippen molar-refractivity contribution in [1.82, 2.24) is 5.32 Å². The molecule has 0 aliphatic rings. The molecule has 1 atom stereocenters. The molecule has 0 spiro atoms. The Balaban J connectivity index is 2.35. The SMILES string of the molecule is CNC(C)c1ccc(N(C)c2ccc(C)cc2C)cc1O. The van der Waals surface area contributed by atoms with Gasteiger partial charge in [0.2, 0.25) is 0 Å². The van der Waals surface area contributed by atoms with Crippen molar-refractivity contribution in [1.29, 1.82) is 0 Å². The molecule has 0 aliphatic heterocycles. The van der Waals surface area contributed by atoms with Crippen LogP contribution in [0.4, 0.5) is 11.4 Å². The molecule has 112 valence electrons. The molecule has 0 amide bonds. The first-order chi connectivity index (χ1) is 9.93. The quantitative estimate of drug-likeness (QED) is 0.889. The Hall–Kier alpha value is -2.00. The van der Waals surface area contributed by atoms with Crippen molar-refractivity contribution in [3.05, 3.63) is 53.1 Å². The van der Waals surface area contributed by atoms with E-state index in [-0.39, 0.29) is 6.04 Å². The van der Waals surface area contributed by atoms with Crippen LogP contribution in [0.1, 0.15) is 29.7 Å². The molecule has 0 saturated heterocycles. The van der Waals surface area contributed by atoms with Gasteiger partial charge in [-0.05, 0) is 45.5 Å². The summed E-state index contributed by atoms with van der Waals surface area (Å²) < 4.78 is 0. The fourth-order valence-corrected chi connectivity index (χ4v) is 2.58. The maximum atomic E-state index is 10.2. The number of benzene rings is 2. The number of anilines is 2.